The van der Waals surface area contributed by atoms with Crippen LogP contribution in [0.5, 0.6) is 5.75 Å². The number of hydrogen-bond acceptors (Lipinski definition) is 2. The van der Waals surface area contributed by atoms with Crippen LogP contribution in [0.1, 0.15) is 19.4 Å². The van der Waals surface area contributed by atoms with Gasteiger partial charge < -0.3 is 10.1 Å². The highest BCUT2D eigenvalue weighted by molar-refractivity contribution is 5.73. The van der Waals surface area contributed by atoms with Gasteiger partial charge in [-0.3, -0.25) is 4.79 Å². The number of nitrogens with one attached hydrogen (secondary N) is 1. The Morgan fingerprint density at radius 1 is 1.44 bits per heavy atom. The minimum atomic E-state index is -0.0765. The SMILES string of the molecule is CCOc1ccccc1C#CCNC(C)=O. The summed E-state index contributed by atoms with van der Waals surface area (Å²) in [6.45, 7) is 4.37. The van der Waals surface area contributed by atoms with Crippen molar-refractivity contribution in [3.8, 4) is 17.6 Å². The number of benzene rings is 1. The third-order valence-corrected chi connectivity index (χ3v) is 1.84. The maximum Gasteiger partial charge on any atom is 0.217 e. The summed E-state index contributed by atoms with van der Waals surface area (Å²) in [5.74, 6) is 6.54. The fraction of sp³-hybridized carbons (Fsp3) is 0.308. The molecule has 1 rings (SSSR count). The summed E-state index contributed by atoms with van der Waals surface area (Å²) in [4.78, 5) is 10.6. The summed E-state index contributed by atoms with van der Waals surface area (Å²) < 4.78 is 5.43. The van der Waals surface area contributed by atoms with Gasteiger partial charge in [-0.1, -0.05) is 24.0 Å². The highest BCUT2D eigenvalue weighted by Gasteiger charge is 1.97. The smallest absolute Gasteiger partial charge is 0.217 e. The molecular weight excluding hydrogens is 202 g/mol. The zero-order chi connectivity index (χ0) is 11.8. The zero-order valence-electron chi connectivity index (χ0n) is 9.54. The van der Waals surface area contributed by atoms with E-state index in [2.05, 4.69) is 17.2 Å². The van der Waals surface area contributed by atoms with Crippen molar-refractivity contribution in [1.82, 2.24) is 5.32 Å². The number of para-hydroxylation sites is 1. The van der Waals surface area contributed by atoms with Crippen LogP contribution in [0.3, 0.4) is 0 Å². The summed E-state index contributed by atoms with van der Waals surface area (Å²) in [6.07, 6.45) is 0. The molecule has 0 saturated carbocycles. The first-order chi connectivity index (χ1) is 7.74. The molecule has 1 N–H and O–H groups in total. The Morgan fingerprint density at radius 2 is 2.19 bits per heavy atom. The van der Waals surface area contributed by atoms with E-state index in [4.69, 9.17) is 4.74 Å². The van der Waals surface area contributed by atoms with Gasteiger partial charge in [0.2, 0.25) is 5.91 Å². The van der Waals surface area contributed by atoms with Gasteiger partial charge in [0.05, 0.1) is 18.7 Å². The predicted octanol–water partition coefficient (Wildman–Crippen LogP) is 1.57. The molecule has 0 heterocycles. The summed E-state index contributed by atoms with van der Waals surface area (Å²) in [7, 11) is 0. The van der Waals surface area contributed by atoms with Crippen LogP contribution in [-0.4, -0.2) is 19.1 Å². The second kappa shape index (κ2) is 6.52. The molecule has 0 fully saturated rings. The third-order valence-electron chi connectivity index (χ3n) is 1.84. The second-order valence-electron chi connectivity index (χ2n) is 3.14. The predicted molar refractivity (Wildman–Crippen MR) is 63.2 cm³/mol. The van der Waals surface area contributed by atoms with Crippen LogP contribution in [0, 0.1) is 11.8 Å². The molecule has 0 bridgehead atoms. The molecular formula is C13H15NO2. The summed E-state index contributed by atoms with van der Waals surface area (Å²) in [5.41, 5.74) is 0.842. The van der Waals surface area contributed by atoms with Crippen molar-refractivity contribution < 1.29 is 9.53 Å². The normalized spacial score (nSPS) is 8.88. The van der Waals surface area contributed by atoms with Crippen molar-refractivity contribution in [3.63, 3.8) is 0 Å². The molecule has 0 saturated heterocycles. The molecule has 0 radical (unpaired) electrons. The zero-order valence-corrected chi connectivity index (χ0v) is 9.54. The lowest BCUT2D eigenvalue weighted by molar-refractivity contribution is -0.118. The fourth-order valence-corrected chi connectivity index (χ4v) is 1.16. The molecule has 0 aliphatic heterocycles. The van der Waals surface area contributed by atoms with Gasteiger partial charge in [-0.25, -0.2) is 0 Å². The topological polar surface area (TPSA) is 38.3 Å². The monoisotopic (exact) mass is 217 g/mol. The maximum atomic E-state index is 10.6. The number of ether oxygens (including phenoxy) is 1. The first-order valence-corrected chi connectivity index (χ1v) is 5.19. The van der Waals surface area contributed by atoms with E-state index < -0.39 is 0 Å². The van der Waals surface area contributed by atoms with Crippen molar-refractivity contribution >= 4 is 5.91 Å². The number of carbonyl (C=O) groups excluding carboxylic acids is 1. The Morgan fingerprint density at radius 3 is 2.88 bits per heavy atom. The van der Waals surface area contributed by atoms with Crippen molar-refractivity contribution in [2.24, 2.45) is 0 Å². The van der Waals surface area contributed by atoms with Crippen molar-refractivity contribution in [3.05, 3.63) is 29.8 Å². The average Bonchev–Trinajstić information content (AvgIpc) is 2.26. The third kappa shape index (κ3) is 4.05. The van der Waals surface area contributed by atoms with Crippen LogP contribution >= 0.6 is 0 Å². The summed E-state index contributed by atoms with van der Waals surface area (Å²) in [5, 5.41) is 2.61. The van der Waals surface area contributed by atoms with E-state index in [-0.39, 0.29) is 5.91 Å². The van der Waals surface area contributed by atoms with Crippen LogP contribution < -0.4 is 10.1 Å². The van der Waals surface area contributed by atoms with Gasteiger partial charge in [-0.2, -0.15) is 0 Å². The molecule has 84 valence electrons. The Balaban J connectivity index is 2.68. The van der Waals surface area contributed by atoms with E-state index in [1.165, 1.54) is 6.92 Å². The van der Waals surface area contributed by atoms with Crippen LogP contribution in [0.4, 0.5) is 0 Å². The maximum absolute atomic E-state index is 10.6. The lowest BCUT2D eigenvalue weighted by Gasteiger charge is -2.04. The summed E-state index contributed by atoms with van der Waals surface area (Å²) >= 11 is 0. The van der Waals surface area contributed by atoms with Crippen LogP contribution in [0.25, 0.3) is 0 Å². The molecule has 1 aromatic carbocycles. The molecule has 3 heteroatoms. The molecule has 3 nitrogen and oxygen atoms in total. The van der Waals surface area contributed by atoms with Crippen LogP contribution in [-0.2, 0) is 4.79 Å². The number of carbonyl (C=O) groups is 1. The molecule has 16 heavy (non-hydrogen) atoms. The highest BCUT2D eigenvalue weighted by atomic mass is 16.5. The summed E-state index contributed by atoms with van der Waals surface area (Å²) in [6, 6.07) is 7.59. The molecule has 0 spiro atoms. The first kappa shape index (κ1) is 12.1. The van der Waals surface area contributed by atoms with E-state index in [0.717, 1.165) is 11.3 Å². The fourth-order valence-electron chi connectivity index (χ4n) is 1.16. The minimum Gasteiger partial charge on any atom is -0.493 e. The van der Waals surface area contributed by atoms with Gasteiger partial charge >= 0.3 is 0 Å². The molecule has 1 aromatic rings. The average molecular weight is 217 g/mol. The van der Waals surface area contributed by atoms with Gasteiger partial charge in [0.25, 0.3) is 0 Å². The van der Waals surface area contributed by atoms with Gasteiger partial charge in [-0.05, 0) is 19.1 Å². The standard InChI is InChI=1S/C13H15NO2/c1-3-16-13-9-5-4-7-12(13)8-6-10-14-11(2)15/h4-5,7,9H,3,10H2,1-2H3,(H,14,15). The van der Waals surface area contributed by atoms with Gasteiger partial charge in [-0.15, -0.1) is 0 Å². The Hall–Kier alpha value is -1.95. The number of amides is 1. The van der Waals surface area contributed by atoms with Gasteiger partial charge in [0.1, 0.15) is 5.75 Å². The van der Waals surface area contributed by atoms with Crippen LogP contribution in [0.15, 0.2) is 24.3 Å². The quantitative estimate of drug-likeness (QED) is 0.780. The number of hydrogen-bond donors (Lipinski definition) is 1. The number of rotatable bonds is 3. The molecule has 0 aromatic heterocycles. The Kier molecular flexibility index (Phi) is 4.94. The molecule has 0 aliphatic carbocycles. The molecule has 1 amide bonds. The lowest BCUT2D eigenvalue weighted by atomic mass is 10.2. The Labute approximate surface area is 95.8 Å². The Bertz CT molecular complexity index is 415. The van der Waals surface area contributed by atoms with E-state index in [9.17, 15) is 4.79 Å². The second-order valence-corrected chi connectivity index (χ2v) is 3.14. The van der Waals surface area contributed by atoms with E-state index in [0.29, 0.717) is 13.2 Å². The first-order valence-electron chi connectivity index (χ1n) is 5.19. The van der Waals surface area contributed by atoms with Crippen LogP contribution in [0.2, 0.25) is 0 Å². The largest absolute Gasteiger partial charge is 0.493 e. The van der Waals surface area contributed by atoms with Gasteiger partial charge in [0.15, 0.2) is 0 Å². The van der Waals surface area contributed by atoms with E-state index >= 15 is 0 Å². The highest BCUT2D eigenvalue weighted by Crippen LogP contribution is 2.16. The van der Waals surface area contributed by atoms with Gasteiger partial charge in [0, 0.05) is 6.92 Å². The molecule has 0 aliphatic rings. The van der Waals surface area contributed by atoms with Crippen molar-refractivity contribution in [1.29, 1.82) is 0 Å². The minimum absolute atomic E-state index is 0.0765. The van der Waals surface area contributed by atoms with Crippen molar-refractivity contribution in [2.75, 3.05) is 13.2 Å². The lowest BCUT2D eigenvalue weighted by Crippen LogP contribution is -2.19. The molecule has 0 atom stereocenters. The van der Waals surface area contributed by atoms with E-state index in [1.54, 1.807) is 0 Å². The molecule has 0 unspecified atom stereocenters. The van der Waals surface area contributed by atoms with Crippen molar-refractivity contribution in [2.45, 2.75) is 13.8 Å². The van der Waals surface area contributed by atoms with E-state index in [1.807, 2.05) is 31.2 Å².